The predicted octanol–water partition coefficient (Wildman–Crippen LogP) is 4.42. The number of benzene rings is 2. The van der Waals surface area contributed by atoms with E-state index < -0.39 is 0 Å². The van der Waals surface area contributed by atoms with Crippen LogP contribution in [0.15, 0.2) is 59.5 Å². The summed E-state index contributed by atoms with van der Waals surface area (Å²) < 4.78 is 0. The summed E-state index contributed by atoms with van der Waals surface area (Å²) in [7, 11) is 4.02. The van der Waals surface area contributed by atoms with E-state index in [1.165, 1.54) is 5.56 Å². The van der Waals surface area contributed by atoms with Crippen molar-refractivity contribution in [3.63, 3.8) is 0 Å². The molecule has 1 N–H and O–H groups in total. The van der Waals surface area contributed by atoms with Gasteiger partial charge in [-0.25, -0.2) is 4.79 Å². The summed E-state index contributed by atoms with van der Waals surface area (Å²) in [6.07, 6.45) is 0.935. The second-order valence-corrected chi connectivity index (χ2v) is 7.70. The minimum atomic E-state index is -0.0105. The molecule has 2 aromatic rings. The number of amides is 2. The molecule has 3 rings (SSSR count). The summed E-state index contributed by atoms with van der Waals surface area (Å²) in [5, 5.41) is 3.41. The minimum absolute atomic E-state index is 0. The van der Waals surface area contributed by atoms with Gasteiger partial charge in [-0.1, -0.05) is 42.5 Å². The van der Waals surface area contributed by atoms with Crippen molar-refractivity contribution in [2.24, 2.45) is 0 Å². The molecule has 0 aliphatic carbocycles. The maximum atomic E-state index is 12.7. The molecule has 0 saturated carbocycles. The van der Waals surface area contributed by atoms with Gasteiger partial charge in [-0.15, -0.1) is 24.2 Å². The SMILES string of the molecule is CN(C)CCNC(=O)N1CCC(c2ccccc2)Sc2ccccc21.Cl. The summed E-state index contributed by atoms with van der Waals surface area (Å²) in [5.41, 5.74) is 2.32. The predicted molar refractivity (Wildman–Crippen MR) is 113 cm³/mol. The quantitative estimate of drug-likeness (QED) is 0.837. The van der Waals surface area contributed by atoms with E-state index in [4.69, 9.17) is 0 Å². The number of anilines is 1. The van der Waals surface area contributed by atoms with Gasteiger partial charge >= 0.3 is 6.03 Å². The average Bonchev–Trinajstić information content (AvgIpc) is 2.82. The van der Waals surface area contributed by atoms with E-state index >= 15 is 0 Å². The van der Waals surface area contributed by atoms with Crippen LogP contribution in [0.2, 0.25) is 0 Å². The summed E-state index contributed by atoms with van der Waals surface area (Å²) in [5.74, 6) is 0. The first kappa shape index (κ1) is 20.6. The van der Waals surface area contributed by atoms with E-state index in [2.05, 4.69) is 40.5 Å². The van der Waals surface area contributed by atoms with E-state index in [0.29, 0.717) is 11.8 Å². The highest BCUT2D eigenvalue weighted by atomic mass is 35.5. The molecule has 0 saturated heterocycles. The number of halogens is 1. The molecular weight excluding hydrogens is 366 g/mol. The van der Waals surface area contributed by atoms with Crippen LogP contribution >= 0.6 is 24.2 Å². The Balaban J connectivity index is 0.00000243. The van der Waals surface area contributed by atoms with E-state index in [0.717, 1.165) is 30.1 Å². The first-order chi connectivity index (χ1) is 12.1. The Hall–Kier alpha value is -1.69. The van der Waals surface area contributed by atoms with E-state index in [9.17, 15) is 4.79 Å². The number of rotatable bonds is 4. The van der Waals surface area contributed by atoms with Gasteiger partial charge in [0.15, 0.2) is 0 Å². The Morgan fingerprint density at radius 3 is 2.58 bits per heavy atom. The van der Waals surface area contributed by atoms with E-state index in [1.807, 2.05) is 55.0 Å². The third-order valence-electron chi connectivity index (χ3n) is 4.29. The summed E-state index contributed by atoms with van der Waals surface area (Å²) >= 11 is 1.85. The molecule has 1 atom stereocenters. The maximum Gasteiger partial charge on any atom is 0.321 e. The molecule has 0 radical (unpaired) electrons. The topological polar surface area (TPSA) is 35.6 Å². The maximum absolute atomic E-state index is 12.7. The molecule has 6 heteroatoms. The van der Waals surface area contributed by atoms with Crippen LogP contribution in [0, 0.1) is 0 Å². The summed E-state index contributed by atoms with van der Waals surface area (Å²) in [6.45, 7) is 2.21. The van der Waals surface area contributed by atoms with Crippen LogP contribution in [-0.4, -0.2) is 44.7 Å². The van der Waals surface area contributed by atoms with Gasteiger partial charge in [0.25, 0.3) is 0 Å². The van der Waals surface area contributed by atoms with Crippen molar-refractivity contribution in [3.05, 3.63) is 60.2 Å². The molecule has 0 spiro atoms. The molecule has 0 aromatic heterocycles. The molecule has 4 nitrogen and oxygen atoms in total. The Morgan fingerprint density at radius 2 is 1.85 bits per heavy atom. The lowest BCUT2D eigenvalue weighted by Gasteiger charge is -2.23. The molecule has 0 bridgehead atoms. The first-order valence-corrected chi connectivity index (χ1v) is 9.54. The zero-order valence-electron chi connectivity index (χ0n) is 15.2. The van der Waals surface area contributed by atoms with Crippen LogP contribution in [0.1, 0.15) is 17.2 Å². The molecule has 2 amide bonds. The van der Waals surface area contributed by atoms with Crippen molar-refractivity contribution in [2.45, 2.75) is 16.6 Å². The van der Waals surface area contributed by atoms with Gasteiger partial charge < -0.3 is 10.2 Å². The van der Waals surface area contributed by atoms with Gasteiger partial charge in [0.1, 0.15) is 0 Å². The number of carbonyl (C=O) groups excluding carboxylic acids is 1. The van der Waals surface area contributed by atoms with Crippen molar-refractivity contribution in [1.29, 1.82) is 0 Å². The van der Waals surface area contributed by atoms with Crippen LogP contribution in [0.3, 0.4) is 0 Å². The number of carbonyl (C=O) groups is 1. The van der Waals surface area contributed by atoms with Crippen molar-refractivity contribution in [2.75, 3.05) is 38.6 Å². The Kier molecular flexibility index (Phi) is 7.82. The fourth-order valence-electron chi connectivity index (χ4n) is 2.95. The normalized spacial score (nSPS) is 16.4. The lowest BCUT2D eigenvalue weighted by Crippen LogP contribution is -2.43. The third-order valence-corrected chi connectivity index (χ3v) is 5.68. The number of likely N-dealkylation sites (N-methyl/N-ethyl adjacent to an activating group) is 1. The number of thioether (sulfide) groups is 1. The summed E-state index contributed by atoms with van der Waals surface area (Å²) in [6, 6.07) is 18.7. The van der Waals surface area contributed by atoms with Crippen LogP contribution < -0.4 is 10.2 Å². The van der Waals surface area contributed by atoms with Crippen LogP contribution in [-0.2, 0) is 0 Å². The van der Waals surface area contributed by atoms with Crippen molar-refractivity contribution in [1.82, 2.24) is 10.2 Å². The molecule has 2 aromatic carbocycles. The third kappa shape index (κ3) is 5.16. The molecule has 26 heavy (non-hydrogen) atoms. The first-order valence-electron chi connectivity index (χ1n) is 8.66. The number of nitrogens with zero attached hydrogens (tertiary/aromatic N) is 2. The number of nitrogens with one attached hydrogen (secondary N) is 1. The minimum Gasteiger partial charge on any atom is -0.336 e. The molecule has 1 heterocycles. The van der Waals surface area contributed by atoms with Crippen LogP contribution in [0.5, 0.6) is 0 Å². The smallest absolute Gasteiger partial charge is 0.321 e. The highest BCUT2D eigenvalue weighted by Crippen LogP contribution is 2.44. The van der Waals surface area contributed by atoms with E-state index in [-0.39, 0.29) is 18.4 Å². The monoisotopic (exact) mass is 391 g/mol. The molecule has 1 aliphatic rings. The number of fused-ring (bicyclic) bond motifs is 1. The van der Waals surface area contributed by atoms with Gasteiger partial charge in [-0.2, -0.15) is 0 Å². The second kappa shape index (κ2) is 9.86. The lowest BCUT2D eigenvalue weighted by atomic mass is 10.1. The van der Waals surface area contributed by atoms with Gasteiger partial charge in [0, 0.05) is 29.8 Å². The lowest BCUT2D eigenvalue weighted by molar-refractivity contribution is 0.244. The largest absolute Gasteiger partial charge is 0.336 e. The molecule has 1 aliphatic heterocycles. The van der Waals surface area contributed by atoms with Crippen molar-refractivity contribution < 1.29 is 4.79 Å². The van der Waals surface area contributed by atoms with Gasteiger partial charge in [-0.3, -0.25) is 4.90 Å². The second-order valence-electron chi connectivity index (χ2n) is 6.46. The highest BCUT2D eigenvalue weighted by molar-refractivity contribution is 7.99. The molecular formula is C20H26ClN3OS. The van der Waals surface area contributed by atoms with Crippen LogP contribution in [0.25, 0.3) is 0 Å². The zero-order chi connectivity index (χ0) is 17.6. The van der Waals surface area contributed by atoms with Crippen molar-refractivity contribution >= 4 is 35.9 Å². The number of urea groups is 1. The van der Waals surface area contributed by atoms with Crippen LogP contribution in [0.4, 0.5) is 10.5 Å². The number of hydrogen-bond donors (Lipinski definition) is 1. The average molecular weight is 392 g/mol. The fourth-order valence-corrected chi connectivity index (χ4v) is 4.23. The summed E-state index contributed by atoms with van der Waals surface area (Å²) in [4.78, 5) is 17.8. The Morgan fingerprint density at radius 1 is 1.15 bits per heavy atom. The Labute approximate surface area is 166 Å². The standard InChI is InChI=1S/C20H25N3OS.ClH/c1-22(2)15-13-21-20(24)23-14-12-18(16-8-4-3-5-9-16)25-19-11-7-6-10-17(19)23;/h3-11,18H,12-15H2,1-2H3,(H,21,24);1H. The number of para-hydroxylation sites is 1. The number of hydrogen-bond acceptors (Lipinski definition) is 3. The Bertz CT molecular complexity index is 711. The van der Waals surface area contributed by atoms with Gasteiger partial charge in [0.2, 0.25) is 0 Å². The fraction of sp³-hybridized carbons (Fsp3) is 0.350. The van der Waals surface area contributed by atoms with E-state index in [1.54, 1.807) is 0 Å². The van der Waals surface area contributed by atoms with Gasteiger partial charge in [-0.05, 0) is 38.2 Å². The highest BCUT2D eigenvalue weighted by Gasteiger charge is 2.26. The zero-order valence-corrected chi connectivity index (χ0v) is 16.9. The molecule has 0 fully saturated rings. The van der Waals surface area contributed by atoms with Crippen molar-refractivity contribution in [3.8, 4) is 0 Å². The molecule has 1 unspecified atom stereocenters. The molecule has 140 valence electrons. The van der Waals surface area contributed by atoms with Gasteiger partial charge in [0.05, 0.1) is 5.69 Å².